The van der Waals surface area contributed by atoms with Gasteiger partial charge in [-0.3, -0.25) is 9.78 Å². The van der Waals surface area contributed by atoms with Crippen molar-refractivity contribution in [1.29, 1.82) is 0 Å². The summed E-state index contributed by atoms with van der Waals surface area (Å²) in [5.41, 5.74) is 2.40. The second-order valence-corrected chi connectivity index (χ2v) is 4.77. The van der Waals surface area contributed by atoms with Crippen molar-refractivity contribution in [3.63, 3.8) is 0 Å². The molecule has 1 saturated carbocycles. The van der Waals surface area contributed by atoms with Crippen LogP contribution in [0.1, 0.15) is 37.2 Å². The summed E-state index contributed by atoms with van der Waals surface area (Å²) in [6.45, 7) is 0. The van der Waals surface area contributed by atoms with Gasteiger partial charge in [-0.15, -0.1) is 0 Å². The van der Waals surface area contributed by atoms with Crippen LogP contribution in [-0.4, -0.2) is 10.8 Å². The number of nitrogens with zero attached hydrogens (tertiary/aromatic N) is 1. The van der Waals surface area contributed by atoms with Crippen molar-refractivity contribution >= 4 is 16.7 Å². The largest absolute Gasteiger partial charge is 0.300 e. The van der Waals surface area contributed by atoms with E-state index < -0.39 is 0 Å². The molecule has 2 heteroatoms. The van der Waals surface area contributed by atoms with Gasteiger partial charge in [-0.25, -0.2) is 0 Å². The van der Waals surface area contributed by atoms with E-state index in [-0.39, 0.29) is 0 Å². The van der Waals surface area contributed by atoms with Gasteiger partial charge in [0.25, 0.3) is 0 Å². The summed E-state index contributed by atoms with van der Waals surface area (Å²) in [6, 6.07) is 10.5. The molecule has 0 atom stereocenters. The summed E-state index contributed by atoms with van der Waals surface area (Å²) >= 11 is 0. The van der Waals surface area contributed by atoms with Gasteiger partial charge in [0.15, 0.2) is 0 Å². The first kappa shape index (κ1) is 10.5. The molecule has 0 unspecified atom stereocenters. The Kier molecular flexibility index (Phi) is 2.63. The summed E-state index contributed by atoms with van der Waals surface area (Å²) < 4.78 is 0. The topological polar surface area (TPSA) is 30.0 Å². The van der Waals surface area contributed by atoms with Gasteiger partial charge >= 0.3 is 0 Å². The highest BCUT2D eigenvalue weighted by atomic mass is 16.1. The van der Waals surface area contributed by atoms with E-state index in [2.05, 4.69) is 29.2 Å². The van der Waals surface area contributed by atoms with E-state index in [0.29, 0.717) is 11.7 Å². The molecule has 1 aromatic carbocycles. The van der Waals surface area contributed by atoms with E-state index in [4.69, 9.17) is 0 Å². The van der Waals surface area contributed by atoms with Gasteiger partial charge < -0.3 is 0 Å². The SMILES string of the molecule is O=C1CCC(c2ccc3ncccc3c2)CC1. The molecule has 1 aliphatic carbocycles. The standard InChI is InChI=1S/C15H15NO/c17-14-6-3-11(4-7-14)12-5-8-15-13(10-12)2-1-9-16-15/h1-2,5,8-11H,3-4,6-7H2. The number of carbonyl (C=O) groups excluding carboxylic acids is 1. The number of pyridine rings is 1. The molecule has 86 valence electrons. The number of Topliss-reactive ketones (excluding diaryl/α,β-unsaturated/α-hetero) is 1. The van der Waals surface area contributed by atoms with E-state index in [9.17, 15) is 4.79 Å². The van der Waals surface area contributed by atoms with E-state index >= 15 is 0 Å². The maximum atomic E-state index is 11.2. The van der Waals surface area contributed by atoms with Crippen LogP contribution in [0.15, 0.2) is 36.5 Å². The molecular formula is C15H15NO. The van der Waals surface area contributed by atoms with E-state index in [1.54, 1.807) is 0 Å². The number of hydrogen-bond donors (Lipinski definition) is 0. The second-order valence-electron chi connectivity index (χ2n) is 4.77. The van der Waals surface area contributed by atoms with E-state index in [1.165, 1.54) is 10.9 Å². The third-order valence-corrected chi connectivity index (χ3v) is 3.64. The van der Waals surface area contributed by atoms with Crippen LogP contribution in [-0.2, 0) is 4.79 Å². The van der Waals surface area contributed by atoms with Crippen molar-refractivity contribution in [3.05, 3.63) is 42.1 Å². The van der Waals surface area contributed by atoms with Crippen LogP contribution < -0.4 is 0 Å². The van der Waals surface area contributed by atoms with Crippen molar-refractivity contribution in [3.8, 4) is 0 Å². The van der Waals surface area contributed by atoms with E-state index in [0.717, 1.165) is 31.2 Å². The van der Waals surface area contributed by atoms with Gasteiger partial charge in [0.1, 0.15) is 5.78 Å². The molecule has 0 aliphatic heterocycles. The summed E-state index contributed by atoms with van der Waals surface area (Å²) in [7, 11) is 0. The van der Waals surface area contributed by atoms with Crippen molar-refractivity contribution in [2.24, 2.45) is 0 Å². The first-order valence-electron chi connectivity index (χ1n) is 6.19. The number of hydrogen-bond acceptors (Lipinski definition) is 2. The van der Waals surface area contributed by atoms with Gasteiger partial charge in [-0.2, -0.15) is 0 Å². The minimum atomic E-state index is 0.420. The van der Waals surface area contributed by atoms with Crippen LogP contribution in [0.4, 0.5) is 0 Å². The molecule has 17 heavy (non-hydrogen) atoms. The third-order valence-electron chi connectivity index (χ3n) is 3.64. The normalized spacial score (nSPS) is 17.5. The first-order chi connectivity index (χ1) is 8.33. The molecule has 0 radical (unpaired) electrons. The summed E-state index contributed by atoms with van der Waals surface area (Å²) in [6.07, 6.45) is 5.32. The number of ketones is 1. The molecule has 2 aromatic rings. The number of aromatic nitrogens is 1. The molecule has 1 heterocycles. The van der Waals surface area contributed by atoms with Gasteiger partial charge in [-0.05, 0) is 42.5 Å². The minimum absolute atomic E-state index is 0.420. The third kappa shape index (κ3) is 2.07. The monoisotopic (exact) mass is 225 g/mol. The zero-order chi connectivity index (χ0) is 11.7. The first-order valence-corrected chi connectivity index (χ1v) is 6.19. The summed E-state index contributed by atoms with van der Waals surface area (Å²) in [5.74, 6) is 0.973. The molecule has 3 rings (SSSR count). The Morgan fingerprint density at radius 3 is 2.76 bits per heavy atom. The maximum absolute atomic E-state index is 11.2. The van der Waals surface area contributed by atoms with Crippen LogP contribution in [0.2, 0.25) is 0 Å². The number of carbonyl (C=O) groups is 1. The molecule has 0 bridgehead atoms. The zero-order valence-electron chi connectivity index (χ0n) is 9.73. The highest BCUT2D eigenvalue weighted by Gasteiger charge is 2.20. The predicted molar refractivity (Wildman–Crippen MR) is 68.0 cm³/mol. The van der Waals surface area contributed by atoms with E-state index in [1.807, 2.05) is 12.3 Å². The fraction of sp³-hybridized carbons (Fsp3) is 0.333. The van der Waals surface area contributed by atoms with Crippen LogP contribution in [0.25, 0.3) is 10.9 Å². The van der Waals surface area contributed by atoms with Crippen LogP contribution in [0.5, 0.6) is 0 Å². The lowest BCUT2D eigenvalue weighted by atomic mass is 9.83. The Hall–Kier alpha value is -1.70. The average molecular weight is 225 g/mol. The molecule has 0 saturated heterocycles. The summed E-state index contributed by atoms with van der Waals surface area (Å²) in [5, 5.41) is 1.20. The summed E-state index contributed by atoms with van der Waals surface area (Å²) in [4.78, 5) is 15.6. The molecule has 2 nitrogen and oxygen atoms in total. The van der Waals surface area contributed by atoms with Crippen LogP contribution in [0, 0.1) is 0 Å². The Morgan fingerprint density at radius 1 is 1.12 bits per heavy atom. The molecular weight excluding hydrogens is 210 g/mol. The van der Waals surface area contributed by atoms with Gasteiger partial charge in [0.2, 0.25) is 0 Å². The number of rotatable bonds is 1. The second kappa shape index (κ2) is 4.28. The zero-order valence-corrected chi connectivity index (χ0v) is 9.73. The van der Waals surface area contributed by atoms with Gasteiger partial charge in [0, 0.05) is 24.4 Å². The Morgan fingerprint density at radius 2 is 1.94 bits per heavy atom. The van der Waals surface area contributed by atoms with Crippen molar-refractivity contribution in [2.45, 2.75) is 31.6 Å². The lowest BCUT2D eigenvalue weighted by Crippen LogP contribution is -2.12. The van der Waals surface area contributed by atoms with Crippen LogP contribution >= 0.6 is 0 Å². The Balaban J connectivity index is 1.92. The molecule has 0 spiro atoms. The average Bonchev–Trinajstić information content (AvgIpc) is 2.39. The van der Waals surface area contributed by atoms with Crippen molar-refractivity contribution in [1.82, 2.24) is 4.98 Å². The smallest absolute Gasteiger partial charge is 0.132 e. The lowest BCUT2D eigenvalue weighted by molar-refractivity contribution is -0.120. The molecule has 1 fully saturated rings. The highest BCUT2D eigenvalue weighted by molar-refractivity contribution is 5.80. The lowest BCUT2D eigenvalue weighted by Gasteiger charge is -2.21. The maximum Gasteiger partial charge on any atom is 0.132 e. The van der Waals surface area contributed by atoms with Crippen LogP contribution in [0.3, 0.4) is 0 Å². The fourth-order valence-electron chi connectivity index (χ4n) is 2.62. The van der Waals surface area contributed by atoms with Crippen molar-refractivity contribution < 1.29 is 4.79 Å². The molecule has 0 amide bonds. The Bertz CT molecular complexity index is 552. The Labute approximate surface area is 101 Å². The quantitative estimate of drug-likeness (QED) is 0.744. The minimum Gasteiger partial charge on any atom is -0.300 e. The predicted octanol–water partition coefficient (Wildman–Crippen LogP) is 3.46. The van der Waals surface area contributed by atoms with Crippen molar-refractivity contribution in [2.75, 3.05) is 0 Å². The van der Waals surface area contributed by atoms with Gasteiger partial charge in [0.05, 0.1) is 5.52 Å². The van der Waals surface area contributed by atoms with Gasteiger partial charge in [-0.1, -0.05) is 12.1 Å². The number of fused-ring (bicyclic) bond motifs is 1. The molecule has 1 aromatic heterocycles. The fourth-order valence-corrected chi connectivity index (χ4v) is 2.62. The number of benzene rings is 1. The molecule has 1 aliphatic rings. The highest BCUT2D eigenvalue weighted by Crippen LogP contribution is 2.32. The molecule has 0 N–H and O–H groups in total.